The molecule has 1 aromatic carbocycles. The molecule has 2 aromatic rings. The molecule has 7 heteroatoms. The maximum Gasteiger partial charge on any atom is 0.266 e. The van der Waals surface area contributed by atoms with Crippen LogP contribution in [0.4, 0.5) is 19.0 Å². The first kappa shape index (κ1) is 14.9. The van der Waals surface area contributed by atoms with Gasteiger partial charge < -0.3 is 10.2 Å². The van der Waals surface area contributed by atoms with E-state index in [0.29, 0.717) is 5.69 Å². The Hall–Kier alpha value is -2.02. The monoisotopic (exact) mass is 310 g/mol. The molecule has 0 aliphatic carbocycles. The SMILES string of the molecule is Cc1cc(N2CCNCC2)nn1-c1ccc(F)c(C(F)F)c1. The summed E-state index contributed by atoms with van der Waals surface area (Å²) in [6.07, 6.45) is -2.84. The Morgan fingerprint density at radius 3 is 2.59 bits per heavy atom. The molecule has 0 unspecified atom stereocenters. The van der Waals surface area contributed by atoms with Crippen LogP contribution in [0.2, 0.25) is 0 Å². The van der Waals surface area contributed by atoms with E-state index in [1.807, 2.05) is 13.0 Å². The zero-order valence-corrected chi connectivity index (χ0v) is 12.2. The number of anilines is 1. The summed E-state index contributed by atoms with van der Waals surface area (Å²) >= 11 is 0. The summed E-state index contributed by atoms with van der Waals surface area (Å²) in [5.41, 5.74) is 0.659. The van der Waals surface area contributed by atoms with Gasteiger partial charge in [0.05, 0.1) is 11.3 Å². The second-order valence-electron chi connectivity index (χ2n) is 5.30. The van der Waals surface area contributed by atoms with Gasteiger partial charge in [0, 0.05) is 37.9 Å². The molecule has 1 N–H and O–H groups in total. The van der Waals surface area contributed by atoms with E-state index in [1.54, 1.807) is 4.68 Å². The highest BCUT2D eigenvalue weighted by Gasteiger charge is 2.18. The van der Waals surface area contributed by atoms with E-state index in [1.165, 1.54) is 6.07 Å². The fraction of sp³-hybridized carbons (Fsp3) is 0.400. The number of benzene rings is 1. The predicted octanol–water partition coefficient (Wildman–Crippen LogP) is 2.67. The molecule has 0 atom stereocenters. The smallest absolute Gasteiger partial charge is 0.266 e. The number of nitrogens with one attached hydrogen (secondary N) is 1. The molecule has 0 spiro atoms. The van der Waals surface area contributed by atoms with Crippen molar-refractivity contribution in [3.8, 4) is 5.69 Å². The molecule has 118 valence electrons. The quantitative estimate of drug-likeness (QED) is 0.946. The first-order chi connectivity index (χ1) is 10.6. The number of aromatic nitrogens is 2. The van der Waals surface area contributed by atoms with E-state index < -0.39 is 17.8 Å². The van der Waals surface area contributed by atoms with Crippen molar-refractivity contribution < 1.29 is 13.2 Å². The minimum Gasteiger partial charge on any atom is -0.353 e. The number of hydrogen-bond acceptors (Lipinski definition) is 3. The van der Waals surface area contributed by atoms with Gasteiger partial charge in [-0.2, -0.15) is 5.10 Å². The molecule has 1 aliphatic heterocycles. The van der Waals surface area contributed by atoms with Crippen molar-refractivity contribution in [2.24, 2.45) is 0 Å². The van der Waals surface area contributed by atoms with Gasteiger partial charge in [-0.15, -0.1) is 0 Å². The summed E-state index contributed by atoms with van der Waals surface area (Å²) in [5.74, 6) is -0.0900. The zero-order valence-electron chi connectivity index (χ0n) is 12.2. The van der Waals surface area contributed by atoms with Crippen LogP contribution >= 0.6 is 0 Å². The maximum atomic E-state index is 13.4. The summed E-state index contributed by atoms with van der Waals surface area (Å²) in [7, 11) is 0. The fourth-order valence-corrected chi connectivity index (χ4v) is 2.60. The van der Waals surface area contributed by atoms with Crippen LogP contribution in [0.5, 0.6) is 0 Å². The summed E-state index contributed by atoms with van der Waals surface area (Å²) < 4.78 is 40.7. The molecule has 0 saturated carbocycles. The van der Waals surface area contributed by atoms with E-state index in [-0.39, 0.29) is 0 Å². The number of alkyl halides is 2. The lowest BCUT2D eigenvalue weighted by atomic mass is 10.2. The highest BCUT2D eigenvalue weighted by Crippen LogP contribution is 2.26. The van der Waals surface area contributed by atoms with Crippen molar-refractivity contribution in [1.82, 2.24) is 15.1 Å². The minimum absolute atomic E-state index is 0.440. The van der Waals surface area contributed by atoms with Gasteiger partial charge in [-0.25, -0.2) is 17.9 Å². The van der Waals surface area contributed by atoms with Crippen molar-refractivity contribution in [1.29, 1.82) is 0 Å². The number of piperazine rings is 1. The Kier molecular flexibility index (Phi) is 4.06. The number of aryl methyl sites for hydroxylation is 1. The maximum absolute atomic E-state index is 13.4. The lowest BCUT2D eigenvalue weighted by Gasteiger charge is -2.27. The van der Waals surface area contributed by atoms with Gasteiger partial charge in [0.2, 0.25) is 0 Å². The van der Waals surface area contributed by atoms with Crippen LogP contribution in [0.3, 0.4) is 0 Å². The summed E-state index contributed by atoms with van der Waals surface area (Å²) in [6, 6.07) is 5.59. The Balaban J connectivity index is 1.95. The van der Waals surface area contributed by atoms with Crippen LogP contribution in [0.1, 0.15) is 17.7 Å². The van der Waals surface area contributed by atoms with Crippen molar-refractivity contribution in [2.45, 2.75) is 13.3 Å². The molecular weight excluding hydrogens is 293 g/mol. The largest absolute Gasteiger partial charge is 0.353 e. The van der Waals surface area contributed by atoms with Crippen molar-refractivity contribution >= 4 is 5.82 Å². The fourth-order valence-electron chi connectivity index (χ4n) is 2.60. The third-order valence-corrected chi connectivity index (χ3v) is 3.77. The predicted molar refractivity (Wildman–Crippen MR) is 78.3 cm³/mol. The van der Waals surface area contributed by atoms with Gasteiger partial charge in [0.15, 0.2) is 5.82 Å². The summed E-state index contributed by atoms with van der Waals surface area (Å²) in [5, 5.41) is 7.74. The van der Waals surface area contributed by atoms with Gasteiger partial charge >= 0.3 is 0 Å². The molecule has 2 heterocycles. The highest BCUT2D eigenvalue weighted by atomic mass is 19.3. The molecule has 1 aliphatic rings. The number of nitrogens with zero attached hydrogens (tertiary/aromatic N) is 3. The number of halogens is 3. The van der Waals surface area contributed by atoms with E-state index in [9.17, 15) is 13.2 Å². The van der Waals surface area contributed by atoms with E-state index >= 15 is 0 Å². The van der Waals surface area contributed by atoms with Crippen LogP contribution in [-0.2, 0) is 0 Å². The van der Waals surface area contributed by atoms with Gasteiger partial charge in [0.1, 0.15) is 5.82 Å². The lowest BCUT2D eigenvalue weighted by molar-refractivity contribution is 0.146. The van der Waals surface area contributed by atoms with Crippen molar-refractivity contribution in [3.63, 3.8) is 0 Å². The van der Waals surface area contributed by atoms with Gasteiger partial charge in [-0.3, -0.25) is 0 Å². The van der Waals surface area contributed by atoms with Gasteiger partial charge in [-0.05, 0) is 25.1 Å². The van der Waals surface area contributed by atoms with Crippen molar-refractivity contribution in [3.05, 3.63) is 41.3 Å². The van der Waals surface area contributed by atoms with Crippen LogP contribution < -0.4 is 10.2 Å². The van der Waals surface area contributed by atoms with Crippen LogP contribution in [0.15, 0.2) is 24.3 Å². The molecule has 22 heavy (non-hydrogen) atoms. The highest BCUT2D eigenvalue weighted by molar-refractivity contribution is 5.45. The molecule has 4 nitrogen and oxygen atoms in total. The summed E-state index contributed by atoms with van der Waals surface area (Å²) in [4.78, 5) is 2.14. The number of rotatable bonds is 3. The molecule has 3 rings (SSSR count). The Bertz CT molecular complexity index is 663. The molecular formula is C15H17F3N4. The molecule has 0 radical (unpaired) electrons. The average molecular weight is 310 g/mol. The van der Waals surface area contributed by atoms with E-state index in [2.05, 4.69) is 15.3 Å². The van der Waals surface area contributed by atoms with E-state index in [4.69, 9.17) is 0 Å². The first-order valence-corrected chi connectivity index (χ1v) is 7.16. The second kappa shape index (κ2) is 6.00. The zero-order chi connectivity index (χ0) is 15.7. The van der Waals surface area contributed by atoms with E-state index in [0.717, 1.165) is 49.8 Å². The molecule has 1 saturated heterocycles. The Morgan fingerprint density at radius 1 is 1.18 bits per heavy atom. The van der Waals surface area contributed by atoms with Crippen molar-refractivity contribution in [2.75, 3.05) is 31.1 Å². The topological polar surface area (TPSA) is 33.1 Å². The van der Waals surface area contributed by atoms with Crippen LogP contribution in [0.25, 0.3) is 5.69 Å². The molecule has 1 fully saturated rings. The van der Waals surface area contributed by atoms with Crippen LogP contribution in [-0.4, -0.2) is 36.0 Å². The molecule has 0 amide bonds. The molecule has 1 aromatic heterocycles. The first-order valence-electron chi connectivity index (χ1n) is 7.16. The third kappa shape index (κ3) is 2.81. The third-order valence-electron chi connectivity index (χ3n) is 3.77. The lowest BCUT2D eigenvalue weighted by Crippen LogP contribution is -2.43. The Morgan fingerprint density at radius 2 is 1.91 bits per heavy atom. The van der Waals surface area contributed by atoms with Gasteiger partial charge in [-0.1, -0.05) is 0 Å². The average Bonchev–Trinajstić information content (AvgIpc) is 2.90. The normalized spacial score (nSPS) is 15.6. The van der Waals surface area contributed by atoms with Crippen LogP contribution in [0, 0.1) is 12.7 Å². The summed E-state index contributed by atoms with van der Waals surface area (Å²) in [6.45, 7) is 5.32. The molecule has 0 bridgehead atoms. The standard InChI is InChI=1S/C15H17F3N4/c1-10-8-14(21-6-4-19-5-7-21)20-22(10)11-2-3-13(16)12(9-11)15(17)18/h2-3,8-9,15,19H,4-7H2,1H3. The second-order valence-corrected chi connectivity index (χ2v) is 5.30. The Labute approximate surface area is 126 Å². The van der Waals surface area contributed by atoms with Gasteiger partial charge in [0.25, 0.3) is 6.43 Å². The minimum atomic E-state index is -2.84. The number of hydrogen-bond donors (Lipinski definition) is 1.